The highest BCUT2D eigenvalue weighted by Crippen LogP contribution is 2.21. The molecule has 1 aromatic rings. The van der Waals surface area contributed by atoms with Crippen LogP contribution >= 0.6 is 0 Å². The molecule has 96 valence electrons. The van der Waals surface area contributed by atoms with Crippen LogP contribution in [0.25, 0.3) is 0 Å². The minimum atomic E-state index is -0.131. The minimum absolute atomic E-state index is 0.0414. The summed E-state index contributed by atoms with van der Waals surface area (Å²) in [6.07, 6.45) is 2.10. The van der Waals surface area contributed by atoms with Crippen LogP contribution in [0.1, 0.15) is 35.7 Å². The van der Waals surface area contributed by atoms with E-state index in [2.05, 4.69) is 5.32 Å². The number of nitrogens with one attached hydrogen (secondary N) is 1. The third kappa shape index (κ3) is 3.32. The number of carbonyl (C=O) groups is 2. The molecule has 1 N–H and O–H groups in total. The number of ether oxygens (including phenoxy) is 1. The van der Waals surface area contributed by atoms with Gasteiger partial charge in [-0.05, 0) is 44.4 Å². The number of ketones is 1. The minimum Gasteiger partial charge on any atom is -0.483 e. The average molecular weight is 247 g/mol. The molecule has 0 heterocycles. The van der Waals surface area contributed by atoms with Crippen molar-refractivity contribution in [3.05, 3.63) is 29.3 Å². The first-order chi connectivity index (χ1) is 8.56. The van der Waals surface area contributed by atoms with Crippen molar-refractivity contribution >= 4 is 11.7 Å². The van der Waals surface area contributed by atoms with E-state index in [1.54, 1.807) is 12.1 Å². The molecule has 0 aliphatic heterocycles. The third-order valence-electron chi connectivity index (χ3n) is 2.82. The second kappa shape index (κ2) is 5.21. The average Bonchev–Trinajstić information content (AvgIpc) is 3.10. The summed E-state index contributed by atoms with van der Waals surface area (Å²) in [6, 6.07) is 5.69. The van der Waals surface area contributed by atoms with Crippen molar-refractivity contribution < 1.29 is 14.3 Å². The highest BCUT2D eigenvalue weighted by molar-refractivity contribution is 5.97. The van der Waals surface area contributed by atoms with Gasteiger partial charge in [-0.1, -0.05) is 6.07 Å². The molecular formula is C14H17NO3. The lowest BCUT2D eigenvalue weighted by Crippen LogP contribution is -2.30. The van der Waals surface area contributed by atoms with Crippen LogP contribution in [-0.2, 0) is 4.79 Å². The van der Waals surface area contributed by atoms with Crippen LogP contribution in [-0.4, -0.2) is 24.3 Å². The lowest BCUT2D eigenvalue weighted by molar-refractivity contribution is -0.123. The van der Waals surface area contributed by atoms with Gasteiger partial charge in [-0.3, -0.25) is 9.59 Å². The molecule has 0 radical (unpaired) electrons. The van der Waals surface area contributed by atoms with Gasteiger partial charge in [0.2, 0.25) is 0 Å². The number of amides is 1. The molecule has 18 heavy (non-hydrogen) atoms. The maximum Gasteiger partial charge on any atom is 0.258 e. The van der Waals surface area contributed by atoms with Gasteiger partial charge in [-0.2, -0.15) is 0 Å². The quantitative estimate of drug-likeness (QED) is 0.808. The van der Waals surface area contributed by atoms with Gasteiger partial charge in [0.1, 0.15) is 5.75 Å². The monoisotopic (exact) mass is 247 g/mol. The van der Waals surface area contributed by atoms with Crippen molar-refractivity contribution in [3.8, 4) is 5.75 Å². The Bertz CT molecular complexity index is 478. The fourth-order valence-corrected chi connectivity index (χ4v) is 1.68. The summed E-state index contributed by atoms with van der Waals surface area (Å²) < 4.78 is 5.44. The van der Waals surface area contributed by atoms with E-state index in [-0.39, 0.29) is 18.3 Å². The predicted octanol–water partition coefficient (Wildman–Crippen LogP) is 1.86. The second-order valence-electron chi connectivity index (χ2n) is 4.69. The van der Waals surface area contributed by atoms with Gasteiger partial charge in [0.15, 0.2) is 12.4 Å². The van der Waals surface area contributed by atoms with Crippen LogP contribution in [0, 0.1) is 6.92 Å². The number of Topliss-reactive ketones (excluding diaryl/α,β-unsaturated/α-hetero) is 1. The Kier molecular flexibility index (Phi) is 3.65. The van der Waals surface area contributed by atoms with Crippen molar-refractivity contribution in [2.75, 3.05) is 6.61 Å². The summed E-state index contributed by atoms with van der Waals surface area (Å²) in [5.41, 5.74) is 1.51. The van der Waals surface area contributed by atoms with Crippen LogP contribution in [0.4, 0.5) is 0 Å². The van der Waals surface area contributed by atoms with Gasteiger partial charge in [-0.25, -0.2) is 0 Å². The van der Waals surface area contributed by atoms with Crippen LogP contribution in [0.15, 0.2) is 18.2 Å². The summed E-state index contributed by atoms with van der Waals surface area (Å²) in [5.74, 6) is 0.287. The number of rotatable bonds is 5. The predicted molar refractivity (Wildman–Crippen MR) is 67.8 cm³/mol. The molecule has 1 amide bonds. The highest BCUT2D eigenvalue weighted by Gasteiger charge is 2.23. The molecule has 0 saturated heterocycles. The van der Waals surface area contributed by atoms with Crippen LogP contribution in [0.5, 0.6) is 5.75 Å². The highest BCUT2D eigenvalue weighted by atomic mass is 16.5. The number of hydrogen-bond donors (Lipinski definition) is 1. The van der Waals surface area contributed by atoms with Gasteiger partial charge < -0.3 is 10.1 Å². The molecular weight excluding hydrogens is 230 g/mol. The molecule has 4 heteroatoms. The Hall–Kier alpha value is -1.84. The third-order valence-corrected chi connectivity index (χ3v) is 2.82. The zero-order valence-corrected chi connectivity index (χ0v) is 10.7. The van der Waals surface area contributed by atoms with Crippen molar-refractivity contribution in [2.45, 2.75) is 32.7 Å². The van der Waals surface area contributed by atoms with E-state index in [9.17, 15) is 9.59 Å². The molecule has 1 aliphatic rings. The molecule has 2 rings (SSSR count). The normalized spacial score (nSPS) is 14.1. The van der Waals surface area contributed by atoms with E-state index >= 15 is 0 Å². The Balaban J connectivity index is 2.00. The van der Waals surface area contributed by atoms with Crippen LogP contribution < -0.4 is 10.1 Å². The van der Waals surface area contributed by atoms with Crippen molar-refractivity contribution in [1.82, 2.24) is 5.32 Å². The Morgan fingerprint density at radius 2 is 2.11 bits per heavy atom. The Labute approximate surface area is 106 Å². The lowest BCUT2D eigenvalue weighted by Gasteiger charge is -2.10. The molecule has 0 unspecified atom stereocenters. The second-order valence-corrected chi connectivity index (χ2v) is 4.69. The first-order valence-electron chi connectivity index (χ1n) is 6.10. The van der Waals surface area contributed by atoms with Crippen LogP contribution in [0.3, 0.4) is 0 Å². The fraction of sp³-hybridized carbons (Fsp3) is 0.429. The summed E-state index contributed by atoms with van der Waals surface area (Å²) >= 11 is 0. The molecule has 4 nitrogen and oxygen atoms in total. The van der Waals surface area contributed by atoms with Gasteiger partial charge in [0.25, 0.3) is 5.91 Å². The molecule has 1 aliphatic carbocycles. The van der Waals surface area contributed by atoms with Crippen LogP contribution in [0.2, 0.25) is 0 Å². The molecule has 0 aromatic heterocycles. The molecule has 1 saturated carbocycles. The molecule has 0 bridgehead atoms. The molecule has 1 fully saturated rings. The number of hydrogen-bond acceptors (Lipinski definition) is 3. The zero-order chi connectivity index (χ0) is 13.1. The number of aryl methyl sites for hydroxylation is 1. The maximum absolute atomic E-state index is 11.5. The van der Waals surface area contributed by atoms with E-state index < -0.39 is 0 Å². The summed E-state index contributed by atoms with van der Waals surface area (Å²) in [4.78, 5) is 22.9. The molecule has 0 atom stereocenters. The van der Waals surface area contributed by atoms with E-state index in [0.29, 0.717) is 17.4 Å². The van der Waals surface area contributed by atoms with Gasteiger partial charge in [0.05, 0.1) is 5.56 Å². The number of carbonyl (C=O) groups excluding carboxylic acids is 2. The smallest absolute Gasteiger partial charge is 0.258 e. The summed E-state index contributed by atoms with van der Waals surface area (Å²) in [7, 11) is 0. The fourth-order valence-electron chi connectivity index (χ4n) is 1.68. The topological polar surface area (TPSA) is 55.4 Å². The zero-order valence-electron chi connectivity index (χ0n) is 10.7. The van der Waals surface area contributed by atoms with E-state index in [1.165, 1.54) is 6.92 Å². The van der Waals surface area contributed by atoms with E-state index in [0.717, 1.165) is 18.4 Å². The standard InChI is InChI=1S/C14H17NO3/c1-9-3-6-12(10(2)16)13(7-9)18-8-14(17)15-11-4-5-11/h3,6-7,11H,4-5,8H2,1-2H3,(H,15,17). The first-order valence-corrected chi connectivity index (χ1v) is 6.10. The first kappa shape index (κ1) is 12.6. The summed E-state index contributed by atoms with van der Waals surface area (Å²) in [6.45, 7) is 3.36. The largest absolute Gasteiger partial charge is 0.483 e. The van der Waals surface area contributed by atoms with E-state index in [4.69, 9.17) is 4.74 Å². The van der Waals surface area contributed by atoms with E-state index in [1.807, 2.05) is 13.0 Å². The SMILES string of the molecule is CC(=O)c1ccc(C)cc1OCC(=O)NC1CC1. The van der Waals surface area contributed by atoms with Gasteiger partial charge in [0, 0.05) is 6.04 Å². The van der Waals surface area contributed by atoms with Gasteiger partial charge in [-0.15, -0.1) is 0 Å². The maximum atomic E-state index is 11.5. The van der Waals surface area contributed by atoms with Crippen molar-refractivity contribution in [1.29, 1.82) is 0 Å². The number of benzene rings is 1. The van der Waals surface area contributed by atoms with Crippen molar-refractivity contribution in [3.63, 3.8) is 0 Å². The Morgan fingerprint density at radius 1 is 1.39 bits per heavy atom. The molecule has 1 aromatic carbocycles. The summed E-state index contributed by atoms with van der Waals surface area (Å²) in [5, 5.41) is 2.84. The van der Waals surface area contributed by atoms with Gasteiger partial charge >= 0.3 is 0 Å². The van der Waals surface area contributed by atoms with Crippen molar-refractivity contribution in [2.24, 2.45) is 0 Å². The lowest BCUT2D eigenvalue weighted by atomic mass is 10.1. The Morgan fingerprint density at radius 3 is 2.72 bits per heavy atom. The molecule has 0 spiro atoms.